The summed E-state index contributed by atoms with van der Waals surface area (Å²) < 4.78 is 0. The van der Waals surface area contributed by atoms with E-state index in [1.165, 1.54) is 12.0 Å². The molecule has 1 aliphatic rings. The van der Waals surface area contributed by atoms with Crippen molar-refractivity contribution >= 4 is 11.9 Å². The van der Waals surface area contributed by atoms with Gasteiger partial charge < -0.3 is 10.2 Å². The summed E-state index contributed by atoms with van der Waals surface area (Å²) in [6.45, 7) is 5.63. The first-order valence-electron chi connectivity index (χ1n) is 9.62. The molecule has 0 saturated carbocycles. The van der Waals surface area contributed by atoms with Crippen molar-refractivity contribution in [3.8, 4) is 0 Å². The molecule has 5 nitrogen and oxygen atoms in total. The molecule has 1 N–H and O–H groups in total. The van der Waals surface area contributed by atoms with E-state index >= 15 is 0 Å². The monoisotopic (exact) mass is 352 g/mol. The van der Waals surface area contributed by atoms with Crippen molar-refractivity contribution in [3.63, 3.8) is 0 Å². The van der Waals surface area contributed by atoms with Crippen LogP contribution >= 0.6 is 0 Å². The molecule has 5 heteroatoms. The van der Waals surface area contributed by atoms with Crippen molar-refractivity contribution in [1.82, 2.24) is 14.9 Å². The smallest absolute Gasteiger partial charge is 0.272 e. The zero-order chi connectivity index (χ0) is 18.4. The largest absolute Gasteiger partial charge is 0.354 e. The maximum atomic E-state index is 13.0. The molecule has 3 rings (SSSR count). The van der Waals surface area contributed by atoms with E-state index in [0.29, 0.717) is 17.7 Å². The van der Waals surface area contributed by atoms with Gasteiger partial charge in [0.2, 0.25) is 5.95 Å². The fourth-order valence-corrected chi connectivity index (χ4v) is 3.56. The Kier molecular flexibility index (Phi) is 6.21. The molecule has 2 aromatic rings. The maximum absolute atomic E-state index is 13.0. The Bertz CT molecular complexity index is 732. The van der Waals surface area contributed by atoms with Crippen LogP contribution in [0.3, 0.4) is 0 Å². The van der Waals surface area contributed by atoms with Gasteiger partial charge in [-0.1, -0.05) is 37.3 Å². The van der Waals surface area contributed by atoms with E-state index in [2.05, 4.69) is 34.3 Å². The summed E-state index contributed by atoms with van der Waals surface area (Å²) in [5, 5.41) is 3.26. The van der Waals surface area contributed by atoms with Crippen molar-refractivity contribution in [2.45, 2.75) is 52.0 Å². The van der Waals surface area contributed by atoms with E-state index in [1.54, 1.807) is 6.07 Å². The SMILES string of the molecule is CCC1CCCCN1C(=O)c1cc(C)nc(NCCc2ccccc2)n1. The molecular formula is C21H28N4O. The van der Waals surface area contributed by atoms with E-state index in [0.717, 1.165) is 44.5 Å². The number of likely N-dealkylation sites (tertiary alicyclic amines) is 1. The Morgan fingerprint density at radius 1 is 1.23 bits per heavy atom. The first kappa shape index (κ1) is 18.4. The number of amides is 1. The fraction of sp³-hybridized carbons (Fsp3) is 0.476. The van der Waals surface area contributed by atoms with Gasteiger partial charge in [-0.3, -0.25) is 4.79 Å². The Labute approximate surface area is 155 Å². The van der Waals surface area contributed by atoms with Crippen molar-refractivity contribution < 1.29 is 4.79 Å². The molecule has 0 aliphatic carbocycles. The predicted molar refractivity (Wildman–Crippen MR) is 104 cm³/mol. The lowest BCUT2D eigenvalue weighted by Gasteiger charge is -2.35. The Hall–Kier alpha value is -2.43. The zero-order valence-corrected chi connectivity index (χ0v) is 15.7. The third kappa shape index (κ3) is 4.59. The zero-order valence-electron chi connectivity index (χ0n) is 15.7. The minimum absolute atomic E-state index is 0.0353. The van der Waals surface area contributed by atoms with Crippen molar-refractivity contribution in [2.24, 2.45) is 0 Å². The Balaban J connectivity index is 1.67. The van der Waals surface area contributed by atoms with Gasteiger partial charge in [0.05, 0.1) is 0 Å². The number of aryl methyl sites for hydroxylation is 1. The van der Waals surface area contributed by atoms with Gasteiger partial charge in [-0.15, -0.1) is 0 Å². The second-order valence-electron chi connectivity index (χ2n) is 6.94. The number of hydrogen-bond donors (Lipinski definition) is 1. The highest BCUT2D eigenvalue weighted by atomic mass is 16.2. The van der Waals surface area contributed by atoms with Crippen LogP contribution in [0.2, 0.25) is 0 Å². The molecule has 1 amide bonds. The third-order valence-corrected chi connectivity index (χ3v) is 4.97. The van der Waals surface area contributed by atoms with Crippen LogP contribution in [0, 0.1) is 6.92 Å². The lowest BCUT2D eigenvalue weighted by Crippen LogP contribution is -2.43. The van der Waals surface area contributed by atoms with Crippen LogP contribution in [0.1, 0.15) is 54.4 Å². The molecule has 26 heavy (non-hydrogen) atoms. The molecule has 1 fully saturated rings. The summed E-state index contributed by atoms with van der Waals surface area (Å²) in [6.07, 6.45) is 5.27. The molecule has 138 valence electrons. The van der Waals surface area contributed by atoms with E-state index in [4.69, 9.17) is 0 Å². The second kappa shape index (κ2) is 8.79. The van der Waals surface area contributed by atoms with Crippen molar-refractivity contribution in [1.29, 1.82) is 0 Å². The highest BCUT2D eigenvalue weighted by molar-refractivity contribution is 5.93. The molecule has 2 heterocycles. The molecule has 0 bridgehead atoms. The number of anilines is 1. The maximum Gasteiger partial charge on any atom is 0.272 e. The molecule has 1 saturated heterocycles. The third-order valence-electron chi connectivity index (χ3n) is 4.97. The van der Waals surface area contributed by atoms with Gasteiger partial charge in [-0.2, -0.15) is 0 Å². The number of aromatic nitrogens is 2. The molecule has 1 atom stereocenters. The highest BCUT2D eigenvalue weighted by Gasteiger charge is 2.27. The molecular weight excluding hydrogens is 324 g/mol. The number of carbonyl (C=O) groups excluding carboxylic acids is 1. The number of nitrogens with zero attached hydrogens (tertiary/aromatic N) is 3. The standard InChI is InChI=1S/C21H28N4O/c1-3-18-11-7-8-14-25(18)20(26)19-15-16(2)23-21(24-19)22-13-12-17-9-5-4-6-10-17/h4-6,9-10,15,18H,3,7-8,11-14H2,1-2H3,(H,22,23,24). The van der Waals surface area contributed by atoms with Gasteiger partial charge in [0.1, 0.15) is 5.69 Å². The summed E-state index contributed by atoms with van der Waals surface area (Å²) in [6, 6.07) is 12.4. The molecule has 1 aliphatic heterocycles. The molecule has 1 unspecified atom stereocenters. The van der Waals surface area contributed by atoms with Crippen molar-refractivity contribution in [3.05, 3.63) is 53.3 Å². The number of benzene rings is 1. The molecule has 0 radical (unpaired) electrons. The van der Waals surface area contributed by atoms with Gasteiger partial charge >= 0.3 is 0 Å². The first-order chi connectivity index (χ1) is 12.7. The number of hydrogen-bond acceptors (Lipinski definition) is 4. The second-order valence-corrected chi connectivity index (χ2v) is 6.94. The van der Waals surface area contributed by atoms with Crippen LogP contribution in [0.15, 0.2) is 36.4 Å². The topological polar surface area (TPSA) is 58.1 Å². The molecule has 0 spiro atoms. The summed E-state index contributed by atoms with van der Waals surface area (Å²) in [4.78, 5) is 23.9. The molecule has 1 aromatic carbocycles. The lowest BCUT2D eigenvalue weighted by molar-refractivity contribution is 0.0601. The highest BCUT2D eigenvalue weighted by Crippen LogP contribution is 2.21. The van der Waals surface area contributed by atoms with Crippen LogP contribution < -0.4 is 5.32 Å². The minimum atomic E-state index is 0.0353. The number of carbonyl (C=O) groups is 1. The van der Waals surface area contributed by atoms with Crippen LogP contribution in [-0.2, 0) is 6.42 Å². The Morgan fingerprint density at radius 2 is 2.04 bits per heavy atom. The average Bonchev–Trinajstić information content (AvgIpc) is 2.68. The van der Waals surface area contributed by atoms with Gasteiger partial charge in [0.25, 0.3) is 5.91 Å². The van der Waals surface area contributed by atoms with E-state index in [1.807, 2.05) is 30.0 Å². The van der Waals surface area contributed by atoms with Crippen LogP contribution in [-0.4, -0.2) is 39.9 Å². The predicted octanol–water partition coefficient (Wildman–Crippen LogP) is 3.84. The van der Waals surface area contributed by atoms with Gasteiger partial charge in [-0.05, 0) is 50.7 Å². The van der Waals surface area contributed by atoms with Gasteiger partial charge in [0.15, 0.2) is 0 Å². The van der Waals surface area contributed by atoms with Crippen molar-refractivity contribution in [2.75, 3.05) is 18.4 Å². The summed E-state index contributed by atoms with van der Waals surface area (Å²) in [7, 11) is 0. The minimum Gasteiger partial charge on any atom is -0.354 e. The summed E-state index contributed by atoms with van der Waals surface area (Å²) in [5.74, 6) is 0.572. The molecule has 1 aromatic heterocycles. The average molecular weight is 352 g/mol. The number of rotatable bonds is 6. The van der Waals surface area contributed by atoms with Crippen LogP contribution in [0.4, 0.5) is 5.95 Å². The van der Waals surface area contributed by atoms with Crippen LogP contribution in [0.5, 0.6) is 0 Å². The summed E-state index contributed by atoms with van der Waals surface area (Å²) >= 11 is 0. The quantitative estimate of drug-likeness (QED) is 0.858. The fourth-order valence-electron chi connectivity index (χ4n) is 3.56. The van der Waals surface area contributed by atoms with Crippen LogP contribution in [0.25, 0.3) is 0 Å². The van der Waals surface area contributed by atoms with E-state index in [-0.39, 0.29) is 5.91 Å². The number of nitrogens with one attached hydrogen (secondary N) is 1. The van der Waals surface area contributed by atoms with E-state index < -0.39 is 0 Å². The van der Waals surface area contributed by atoms with Gasteiger partial charge in [0, 0.05) is 24.8 Å². The first-order valence-corrected chi connectivity index (χ1v) is 9.62. The number of piperidine rings is 1. The van der Waals surface area contributed by atoms with E-state index in [9.17, 15) is 4.79 Å². The Morgan fingerprint density at radius 3 is 2.81 bits per heavy atom. The van der Waals surface area contributed by atoms with Gasteiger partial charge in [-0.25, -0.2) is 9.97 Å². The normalized spacial score (nSPS) is 17.2. The lowest BCUT2D eigenvalue weighted by atomic mass is 9.99. The summed E-state index contributed by atoms with van der Waals surface area (Å²) in [5.41, 5.74) is 2.58.